The molecule has 0 bridgehead atoms. The van der Waals surface area contributed by atoms with Gasteiger partial charge in [-0.1, -0.05) is 218 Å². The van der Waals surface area contributed by atoms with Gasteiger partial charge in [0.1, 0.15) is 0 Å². The summed E-state index contributed by atoms with van der Waals surface area (Å²) in [6.07, 6.45) is 0. The van der Waals surface area contributed by atoms with Crippen molar-refractivity contribution in [2.75, 3.05) is 4.90 Å². The standard InChI is InChI=1S/C62H39N/c1-2-20-40(21-3-1)41-22-10-17-37-56(41)63(57-38-18-35-54-59(57)46-27-8-15-33-52(46)61(54)48-29-11-4-23-42(48)43-24-5-12-30-49(43)61)58-39-19-36-55-60(58)47-28-9-16-34-53(47)62(55)50-31-13-6-25-44(50)45-26-7-14-32-51(45)62/h1-39H. The smallest absolute Gasteiger partial charge is 0.0726 e. The van der Waals surface area contributed by atoms with Gasteiger partial charge in [-0.15, -0.1) is 0 Å². The second-order valence-electron chi connectivity index (χ2n) is 17.4. The molecule has 63 heavy (non-hydrogen) atoms. The monoisotopic (exact) mass is 797 g/mol. The highest BCUT2D eigenvalue weighted by Gasteiger charge is 2.54. The summed E-state index contributed by atoms with van der Waals surface area (Å²) in [6, 6.07) is 88.9. The molecule has 4 aliphatic carbocycles. The molecule has 0 saturated heterocycles. The van der Waals surface area contributed by atoms with Gasteiger partial charge in [0.15, 0.2) is 0 Å². The van der Waals surface area contributed by atoms with E-state index in [-0.39, 0.29) is 0 Å². The maximum Gasteiger partial charge on any atom is 0.0726 e. The van der Waals surface area contributed by atoms with Gasteiger partial charge in [-0.2, -0.15) is 0 Å². The zero-order valence-electron chi connectivity index (χ0n) is 34.5. The molecule has 0 fully saturated rings. The predicted octanol–water partition coefficient (Wildman–Crippen LogP) is 15.5. The van der Waals surface area contributed by atoms with Crippen LogP contribution in [0.5, 0.6) is 0 Å². The summed E-state index contributed by atoms with van der Waals surface area (Å²) in [5.41, 5.74) is 26.0. The first-order chi connectivity index (χ1) is 31.3. The predicted molar refractivity (Wildman–Crippen MR) is 259 cm³/mol. The van der Waals surface area contributed by atoms with Gasteiger partial charge in [-0.25, -0.2) is 0 Å². The summed E-state index contributed by atoms with van der Waals surface area (Å²) in [7, 11) is 0. The Hall–Kier alpha value is -8.00. The highest BCUT2D eigenvalue weighted by molar-refractivity contribution is 6.06. The molecule has 1 nitrogen and oxygen atoms in total. The normalized spacial score (nSPS) is 14.3. The van der Waals surface area contributed by atoms with Crippen molar-refractivity contribution < 1.29 is 0 Å². The van der Waals surface area contributed by atoms with Crippen LogP contribution in [0.15, 0.2) is 237 Å². The van der Waals surface area contributed by atoms with E-state index in [0.29, 0.717) is 0 Å². The molecule has 292 valence electrons. The third-order valence-corrected chi connectivity index (χ3v) is 14.7. The van der Waals surface area contributed by atoms with Gasteiger partial charge < -0.3 is 4.90 Å². The number of benzene rings is 10. The summed E-state index contributed by atoms with van der Waals surface area (Å²) in [4.78, 5) is 2.62. The third-order valence-electron chi connectivity index (χ3n) is 14.7. The molecule has 0 heterocycles. The summed E-state index contributed by atoms with van der Waals surface area (Å²) in [5.74, 6) is 0. The summed E-state index contributed by atoms with van der Waals surface area (Å²) >= 11 is 0. The highest BCUT2D eigenvalue weighted by atomic mass is 15.2. The number of anilines is 3. The van der Waals surface area contributed by atoms with Gasteiger partial charge in [-0.3, -0.25) is 0 Å². The Morgan fingerprint density at radius 2 is 0.492 bits per heavy atom. The molecule has 0 aliphatic heterocycles. The Kier molecular flexibility index (Phi) is 7.03. The molecule has 0 radical (unpaired) electrons. The summed E-state index contributed by atoms with van der Waals surface area (Å²) in [6.45, 7) is 0. The van der Waals surface area contributed by atoms with Crippen LogP contribution in [0.4, 0.5) is 17.1 Å². The molecule has 0 unspecified atom stereocenters. The van der Waals surface area contributed by atoms with Crippen molar-refractivity contribution >= 4 is 17.1 Å². The highest BCUT2D eigenvalue weighted by Crippen LogP contribution is 2.67. The van der Waals surface area contributed by atoms with E-state index in [0.717, 1.165) is 5.69 Å². The largest absolute Gasteiger partial charge is 0.309 e. The van der Waals surface area contributed by atoms with Gasteiger partial charge in [0.25, 0.3) is 0 Å². The van der Waals surface area contributed by atoms with Crippen LogP contribution < -0.4 is 4.90 Å². The molecule has 0 amide bonds. The Balaban J connectivity index is 1.12. The molecular weight excluding hydrogens is 759 g/mol. The maximum absolute atomic E-state index is 2.62. The number of nitrogens with zero attached hydrogens (tertiary/aromatic N) is 1. The average Bonchev–Trinajstić information content (AvgIpc) is 4.04. The first kappa shape index (κ1) is 34.7. The van der Waals surface area contributed by atoms with Crippen LogP contribution >= 0.6 is 0 Å². The van der Waals surface area contributed by atoms with Gasteiger partial charge in [0.05, 0.1) is 27.9 Å². The van der Waals surface area contributed by atoms with Crippen molar-refractivity contribution in [3.05, 3.63) is 281 Å². The lowest BCUT2D eigenvalue weighted by molar-refractivity contribution is 0.793. The van der Waals surface area contributed by atoms with E-state index in [1.165, 1.54) is 112 Å². The minimum Gasteiger partial charge on any atom is -0.309 e. The Bertz CT molecular complexity index is 3250. The molecule has 0 saturated carbocycles. The van der Waals surface area contributed by atoms with E-state index >= 15 is 0 Å². The lowest BCUT2D eigenvalue weighted by Gasteiger charge is -2.34. The van der Waals surface area contributed by atoms with Gasteiger partial charge >= 0.3 is 0 Å². The van der Waals surface area contributed by atoms with Crippen LogP contribution in [-0.4, -0.2) is 0 Å². The molecule has 4 aliphatic rings. The quantitative estimate of drug-likeness (QED) is 0.171. The van der Waals surface area contributed by atoms with Crippen molar-refractivity contribution in [3.63, 3.8) is 0 Å². The van der Waals surface area contributed by atoms with E-state index in [4.69, 9.17) is 0 Å². The molecule has 0 aromatic heterocycles. The van der Waals surface area contributed by atoms with E-state index in [1.807, 2.05) is 0 Å². The molecule has 10 aromatic rings. The first-order valence-corrected chi connectivity index (χ1v) is 22.1. The number of hydrogen-bond donors (Lipinski definition) is 0. The van der Waals surface area contributed by atoms with E-state index in [1.54, 1.807) is 0 Å². The van der Waals surface area contributed by atoms with E-state index in [2.05, 4.69) is 241 Å². The van der Waals surface area contributed by atoms with Crippen LogP contribution in [-0.2, 0) is 10.8 Å². The van der Waals surface area contributed by atoms with Crippen molar-refractivity contribution in [2.24, 2.45) is 0 Å². The Labute approximate surface area is 367 Å². The average molecular weight is 798 g/mol. The van der Waals surface area contributed by atoms with Crippen LogP contribution in [0.25, 0.3) is 55.6 Å². The minimum absolute atomic E-state index is 0.466. The van der Waals surface area contributed by atoms with Gasteiger partial charge in [0.2, 0.25) is 0 Å². The molecule has 0 N–H and O–H groups in total. The van der Waals surface area contributed by atoms with E-state index in [9.17, 15) is 0 Å². The van der Waals surface area contributed by atoms with Crippen molar-refractivity contribution in [1.82, 2.24) is 0 Å². The summed E-state index contributed by atoms with van der Waals surface area (Å²) < 4.78 is 0. The lowest BCUT2D eigenvalue weighted by atomic mass is 9.70. The molecule has 10 aromatic carbocycles. The molecule has 1 heteroatoms. The minimum atomic E-state index is -0.466. The topological polar surface area (TPSA) is 3.24 Å². The summed E-state index contributed by atoms with van der Waals surface area (Å²) in [5, 5.41) is 0. The molecule has 0 atom stereocenters. The molecule has 2 spiro atoms. The second kappa shape index (κ2) is 12.8. The van der Waals surface area contributed by atoms with Crippen LogP contribution in [0.2, 0.25) is 0 Å². The fourth-order valence-corrected chi connectivity index (χ4v) is 12.5. The first-order valence-electron chi connectivity index (χ1n) is 22.1. The fraction of sp³-hybridized carbons (Fsp3) is 0.0323. The van der Waals surface area contributed by atoms with Crippen LogP contribution in [0.3, 0.4) is 0 Å². The van der Waals surface area contributed by atoms with Gasteiger partial charge in [-0.05, 0) is 102 Å². The van der Waals surface area contributed by atoms with Crippen molar-refractivity contribution in [1.29, 1.82) is 0 Å². The number of hydrogen-bond acceptors (Lipinski definition) is 1. The third kappa shape index (κ3) is 4.27. The fourth-order valence-electron chi connectivity index (χ4n) is 12.5. The zero-order chi connectivity index (χ0) is 41.3. The van der Waals surface area contributed by atoms with Crippen LogP contribution in [0, 0.1) is 0 Å². The number of rotatable bonds is 4. The SMILES string of the molecule is c1ccc(-c2ccccc2N(c2cccc3c2-c2ccccc2C32c3ccccc3-c3ccccc32)c2cccc3c2-c2ccccc2C32c3ccccc3-c3ccccc32)cc1. The Morgan fingerprint density at radius 1 is 0.206 bits per heavy atom. The van der Waals surface area contributed by atoms with Crippen LogP contribution in [0.1, 0.15) is 44.5 Å². The lowest BCUT2D eigenvalue weighted by Crippen LogP contribution is -2.26. The molecular formula is C62H39N. The molecule has 14 rings (SSSR count). The zero-order valence-corrected chi connectivity index (χ0v) is 34.5. The Morgan fingerprint density at radius 3 is 0.905 bits per heavy atom. The second-order valence-corrected chi connectivity index (χ2v) is 17.4. The van der Waals surface area contributed by atoms with Crippen molar-refractivity contribution in [3.8, 4) is 55.6 Å². The number of para-hydroxylation sites is 1. The maximum atomic E-state index is 2.62. The van der Waals surface area contributed by atoms with Gasteiger partial charge in [0, 0.05) is 16.7 Å². The van der Waals surface area contributed by atoms with E-state index < -0.39 is 10.8 Å². The number of fused-ring (bicyclic) bond motifs is 20. The van der Waals surface area contributed by atoms with Crippen molar-refractivity contribution in [2.45, 2.75) is 10.8 Å².